The molecule has 152 valence electrons. The number of esters is 1. The van der Waals surface area contributed by atoms with Crippen molar-refractivity contribution < 1.29 is 14.3 Å². The van der Waals surface area contributed by atoms with E-state index >= 15 is 0 Å². The SMILES string of the molecule is COC(=O)c1cc(C)cc(Br)c1NCCCCOc1ccc(C(C)(C)C)cc1. The largest absolute Gasteiger partial charge is 0.494 e. The van der Waals surface area contributed by atoms with Gasteiger partial charge in [-0.25, -0.2) is 4.79 Å². The number of ether oxygens (including phenoxy) is 2. The number of anilines is 1. The van der Waals surface area contributed by atoms with Crippen molar-refractivity contribution in [3.05, 3.63) is 57.6 Å². The highest BCUT2D eigenvalue weighted by Crippen LogP contribution is 2.29. The smallest absolute Gasteiger partial charge is 0.340 e. The van der Waals surface area contributed by atoms with Gasteiger partial charge in [0.1, 0.15) is 5.75 Å². The third-order valence-corrected chi connectivity index (χ3v) is 5.13. The molecule has 0 aromatic heterocycles. The molecule has 0 atom stereocenters. The summed E-state index contributed by atoms with van der Waals surface area (Å²) in [6, 6.07) is 12.1. The van der Waals surface area contributed by atoms with Gasteiger partial charge < -0.3 is 14.8 Å². The molecule has 0 saturated carbocycles. The summed E-state index contributed by atoms with van der Waals surface area (Å²) >= 11 is 3.53. The van der Waals surface area contributed by atoms with Crippen LogP contribution < -0.4 is 10.1 Å². The zero-order chi connectivity index (χ0) is 20.7. The summed E-state index contributed by atoms with van der Waals surface area (Å²) in [5.74, 6) is 0.559. The van der Waals surface area contributed by atoms with Crippen molar-refractivity contribution in [1.82, 2.24) is 0 Å². The van der Waals surface area contributed by atoms with E-state index in [1.54, 1.807) is 0 Å². The molecule has 0 bridgehead atoms. The first-order valence-electron chi connectivity index (χ1n) is 9.58. The Hall–Kier alpha value is -2.01. The molecule has 0 spiro atoms. The monoisotopic (exact) mass is 447 g/mol. The second-order valence-electron chi connectivity index (χ2n) is 7.92. The fourth-order valence-corrected chi connectivity index (χ4v) is 3.59. The van der Waals surface area contributed by atoms with Crippen molar-refractivity contribution in [1.29, 1.82) is 0 Å². The Kier molecular flexibility index (Phi) is 7.93. The van der Waals surface area contributed by atoms with Crippen LogP contribution in [0.3, 0.4) is 0 Å². The number of aryl methyl sites for hydroxylation is 1. The van der Waals surface area contributed by atoms with E-state index in [1.807, 2.05) is 31.2 Å². The molecular weight excluding hydrogens is 418 g/mol. The molecule has 0 amide bonds. The molecule has 0 aliphatic rings. The summed E-state index contributed by atoms with van der Waals surface area (Å²) in [5, 5.41) is 3.34. The first kappa shape index (κ1) is 22.3. The molecule has 2 aromatic carbocycles. The highest BCUT2D eigenvalue weighted by Gasteiger charge is 2.15. The van der Waals surface area contributed by atoms with E-state index in [-0.39, 0.29) is 11.4 Å². The first-order chi connectivity index (χ1) is 13.2. The Morgan fingerprint density at radius 2 is 1.79 bits per heavy atom. The second kappa shape index (κ2) is 9.97. The fourth-order valence-electron chi connectivity index (χ4n) is 2.87. The van der Waals surface area contributed by atoms with E-state index in [2.05, 4.69) is 54.2 Å². The molecule has 0 radical (unpaired) electrons. The Labute approximate surface area is 176 Å². The Balaban J connectivity index is 1.80. The summed E-state index contributed by atoms with van der Waals surface area (Å²) in [7, 11) is 1.40. The van der Waals surface area contributed by atoms with Gasteiger partial charge in [0.2, 0.25) is 0 Å². The Morgan fingerprint density at radius 3 is 2.39 bits per heavy atom. The zero-order valence-corrected chi connectivity index (χ0v) is 19.0. The van der Waals surface area contributed by atoms with Crippen molar-refractivity contribution in [2.75, 3.05) is 25.6 Å². The van der Waals surface area contributed by atoms with Crippen LogP contribution in [0.1, 0.15) is 55.1 Å². The Morgan fingerprint density at radius 1 is 1.11 bits per heavy atom. The van der Waals surface area contributed by atoms with Crippen molar-refractivity contribution >= 4 is 27.6 Å². The Bertz CT molecular complexity index is 795. The number of benzene rings is 2. The van der Waals surface area contributed by atoms with Crippen LogP contribution in [-0.4, -0.2) is 26.2 Å². The van der Waals surface area contributed by atoms with Crippen LogP contribution in [0, 0.1) is 6.92 Å². The highest BCUT2D eigenvalue weighted by molar-refractivity contribution is 9.10. The minimum Gasteiger partial charge on any atom is -0.494 e. The summed E-state index contributed by atoms with van der Waals surface area (Å²) in [4.78, 5) is 12.0. The van der Waals surface area contributed by atoms with Crippen LogP contribution in [0.4, 0.5) is 5.69 Å². The predicted octanol–water partition coefficient (Wildman–Crippen LogP) is 6.11. The number of carbonyl (C=O) groups excluding carboxylic acids is 1. The lowest BCUT2D eigenvalue weighted by Crippen LogP contribution is -2.11. The number of carbonyl (C=O) groups is 1. The topological polar surface area (TPSA) is 47.6 Å². The number of nitrogens with one attached hydrogen (secondary N) is 1. The summed E-state index contributed by atoms with van der Waals surface area (Å²) in [5.41, 5.74) is 3.77. The van der Waals surface area contributed by atoms with Crippen LogP contribution in [0.2, 0.25) is 0 Å². The highest BCUT2D eigenvalue weighted by atomic mass is 79.9. The number of halogens is 1. The lowest BCUT2D eigenvalue weighted by molar-refractivity contribution is 0.0601. The van der Waals surface area contributed by atoms with Gasteiger partial charge in [0.25, 0.3) is 0 Å². The molecule has 28 heavy (non-hydrogen) atoms. The van der Waals surface area contributed by atoms with E-state index in [9.17, 15) is 4.79 Å². The average Bonchev–Trinajstić information content (AvgIpc) is 2.64. The van der Waals surface area contributed by atoms with Crippen LogP contribution in [0.15, 0.2) is 40.9 Å². The first-order valence-corrected chi connectivity index (χ1v) is 10.4. The van der Waals surface area contributed by atoms with Gasteiger partial charge in [-0.1, -0.05) is 32.9 Å². The number of methoxy groups -OCH3 is 1. The van der Waals surface area contributed by atoms with Crippen molar-refractivity contribution in [2.24, 2.45) is 0 Å². The van der Waals surface area contributed by atoms with Crippen LogP contribution in [-0.2, 0) is 10.2 Å². The maximum atomic E-state index is 12.0. The number of unbranched alkanes of at least 4 members (excludes halogenated alkanes) is 1. The van der Waals surface area contributed by atoms with Gasteiger partial charge in [0.15, 0.2) is 0 Å². The van der Waals surface area contributed by atoms with E-state index in [4.69, 9.17) is 9.47 Å². The van der Waals surface area contributed by atoms with E-state index in [0.717, 1.165) is 40.9 Å². The molecule has 5 heteroatoms. The molecule has 0 fully saturated rings. The minimum absolute atomic E-state index is 0.150. The van der Waals surface area contributed by atoms with Crippen molar-refractivity contribution in [2.45, 2.75) is 46.0 Å². The number of hydrogen-bond acceptors (Lipinski definition) is 4. The van der Waals surface area contributed by atoms with Gasteiger partial charge in [-0.05, 0) is 76.5 Å². The maximum Gasteiger partial charge on any atom is 0.340 e. The van der Waals surface area contributed by atoms with Gasteiger partial charge in [-0.3, -0.25) is 0 Å². The van der Waals surface area contributed by atoms with Crippen LogP contribution in [0.5, 0.6) is 5.75 Å². The summed E-state index contributed by atoms with van der Waals surface area (Å²) in [6.07, 6.45) is 1.85. The van der Waals surface area contributed by atoms with E-state index in [0.29, 0.717) is 12.2 Å². The van der Waals surface area contributed by atoms with Crippen molar-refractivity contribution in [3.8, 4) is 5.75 Å². The maximum absolute atomic E-state index is 12.0. The number of hydrogen-bond donors (Lipinski definition) is 1. The van der Waals surface area contributed by atoms with Crippen LogP contribution in [0.25, 0.3) is 0 Å². The van der Waals surface area contributed by atoms with E-state index < -0.39 is 0 Å². The van der Waals surface area contributed by atoms with Gasteiger partial charge >= 0.3 is 5.97 Å². The van der Waals surface area contributed by atoms with E-state index in [1.165, 1.54) is 12.7 Å². The standard InChI is InChI=1S/C23H30BrNO3/c1-16-14-19(22(26)27-5)21(20(24)15-16)25-12-6-7-13-28-18-10-8-17(9-11-18)23(2,3)4/h8-11,14-15,25H,6-7,12-13H2,1-5H3. The summed E-state index contributed by atoms with van der Waals surface area (Å²) in [6.45, 7) is 9.97. The third-order valence-electron chi connectivity index (χ3n) is 4.50. The quantitative estimate of drug-likeness (QED) is 0.391. The molecule has 2 rings (SSSR count). The minimum atomic E-state index is -0.339. The van der Waals surface area contributed by atoms with Crippen LogP contribution >= 0.6 is 15.9 Å². The molecule has 0 heterocycles. The average molecular weight is 448 g/mol. The molecule has 2 aromatic rings. The molecule has 0 aliphatic carbocycles. The van der Waals surface area contributed by atoms with Gasteiger partial charge in [0, 0.05) is 11.0 Å². The van der Waals surface area contributed by atoms with Gasteiger partial charge in [-0.2, -0.15) is 0 Å². The molecule has 0 unspecified atom stereocenters. The second-order valence-corrected chi connectivity index (χ2v) is 8.77. The normalized spacial score (nSPS) is 11.2. The van der Waals surface area contributed by atoms with Crippen molar-refractivity contribution in [3.63, 3.8) is 0 Å². The lowest BCUT2D eigenvalue weighted by Gasteiger charge is -2.19. The third kappa shape index (κ3) is 6.26. The molecule has 4 nitrogen and oxygen atoms in total. The fraction of sp³-hybridized carbons (Fsp3) is 0.435. The van der Waals surface area contributed by atoms with Gasteiger partial charge in [0.05, 0.1) is 25.0 Å². The molecule has 0 aliphatic heterocycles. The summed E-state index contributed by atoms with van der Waals surface area (Å²) < 4.78 is 11.6. The molecule has 0 saturated heterocycles. The molecule has 1 N–H and O–H groups in total. The van der Waals surface area contributed by atoms with Gasteiger partial charge in [-0.15, -0.1) is 0 Å². The predicted molar refractivity (Wildman–Crippen MR) is 119 cm³/mol. The zero-order valence-electron chi connectivity index (χ0n) is 17.4. The lowest BCUT2D eigenvalue weighted by atomic mass is 9.87. The number of rotatable bonds is 8. The molecular formula is C23H30BrNO3.